The molecule has 0 unspecified atom stereocenters. The summed E-state index contributed by atoms with van der Waals surface area (Å²) in [6.45, 7) is 1.86. The van der Waals surface area contributed by atoms with Crippen LogP contribution in [-0.2, 0) is 21.2 Å². The van der Waals surface area contributed by atoms with E-state index in [1.165, 1.54) is 47.7 Å². The standard InChI is InChI=1S/C18H15FN2O3S2/c1-12-11-25-18(20-12)14-3-2-4-16(10-14)26(23,24)21-17(22)9-13-5-7-15(19)8-6-13/h2-8,10-11H,9H2,1H3,(H,21,22). The molecule has 1 N–H and O–H groups in total. The van der Waals surface area contributed by atoms with Gasteiger partial charge in [-0.15, -0.1) is 11.3 Å². The van der Waals surface area contributed by atoms with Crippen LogP contribution in [0, 0.1) is 12.7 Å². The van der Waals surface area contributed by atoms with Gasteiger partial charge in [0.2, 0.25) is 5.91 Å². The van der Waals surface area contributed by atoms with Gasteiger partial charge in [0.05, 0.1) is 11.3 Å². The number of rotatable bonds is 5. The predicted octanol–water partition coefficient (Wildman–Crippen LogP) is 3.31. The predicted molar refractivity (Wildman–Crippen MR) is 97.7 cm³/mol. The van der Waals surface area contributed by atoms with Crippen LogP contribution in [0.3, 0.4) is 0 Å². The Balaban J connectivity index is 1.77. The van der Waals surface area contributed by atoms with Gasteiger partial charge in [-0.25, -0.2) is 22.5 Å². The molecule has 0 bridgehead atoms. The van der Waals surface area contributed by atoms with Crippen molar-refractivity contribution in [3.63, 3.8) is 0 Å². The maximum absolute atomic E-state index is 12.9. The van der Waals surface area contributed by atoms with Gasteiger partial charge in [0.25, 0.3) is 10.0 Å². The highest BCUT2D eigenvalue weighted by Crippen LogP contribution is 2.25. The van der Waals surface area contributed by atoms with Crippen LogP contribution in [0.2, 0.25) is 0 Å². The van der Waals surface area contributed by atoms with Gasteiger partial charge < -0.3 is 0 Å². The van der Waals surface area contributed by atoms with E-state index in [1.807, 2.05) is 17.0 Å². The van der Waals surface area contributed by atoms with Crippen LogP contribution < -0.4 is 4.72 Å². The van der Waals surface area contributed by atoms with E-state index in [0.29, 0.717) is 16.1 Å². The van der Waals surface area contributed by atoms with Crippen molar-refractivity contribution in [2.45, 2.75) is 18.2 Å². The highest BCUT2D eigenvalue weighted by molar-refractivity contribution is 7.90. The monoisotopic (exact) mass is 390 g/mol. The van der Waals surface area contributed by atoms with Crippen LogP contribution in [0.4, 0.5) is 4.39 Å². The molecule has 26 heavy (non-hydrogen) atoms. The van der Waals surface area contributed by atoms with Crippen molar-refractivity contribution in [3.05, 3.63) is 71.0 Å². The Morgan fingerprint density at radius 3 is 2.58 bits per heavy atom. The van der Waals surface area contributed by atoms with Crippen LogP contribution in [0.25, 0.3) is 10.6 Å². The zero-order valence-corrected chi connectivity index (χ0v) is 15.4. The fraction of sp³-hybridized carbons (Fsp3) is 0.111. The molecule has 3 aromatic rings. The number of halogens is 1. The van der Waals surface area contributed by atoms with Crippen LogP contribution in [0.5, 0.6) is 0 Å². The lowest BCUT2D eigenvalue weighted by atomic mass is 10.1. The number of hydrogen-bond donors (Lipinski definition) is 1. The molecule has 0 atom stereocenters. The lowest BCUT2D eigenvalue weighted by Gasteiger charge is -2.08. The number of carbonyl (C=O) groups is 1. The quantitative estimate of drug-likeness (QED) is 0.725. The summed E-state index contributed by atoms with van der Waals surface area (Å²) in [6.07, 6.45) is -0.162. The highest BCUT2D eigenvalue weighted by atomic mass is 32.2. The second-order valence-electron chi connectivity index (χ2n) is 5.65. The van der Waals surface area contributed by atoms with Crippen molar-refractivity contribution in [1.82, 2.24) is 9.71 Å². The number of nitrogens with one attached hydrogen (secondary N) is 1. The van der Waals surface area contributed by atoms with Gasteiger partial charge >= 0.3 is 0 Å². The molecule has 3 rings (SSSR count). The Bertz CT molecular complexity index is 1040. The van der Waals surface area contributed by atoms with Crippen molar-refractivity contribution in [2.24, 2.45) is 0 Å². The summed E-state index contributed by atoms with van der Waals surface area (Å²) < 4.78 is 39.9. The van der Waals surface area contributed by atoms with E-state index in [2.05, 4.69) is 4.98 Å². The van der Waals surface area contributed by atoms with E-state index in [1.54, 1.807) is 12.1 Å². The number of hydrogen-bond acceptors (Lipinski definition) is 5. The van der Waals surface area contributed by atoms with Crippen LogP contribution in [0.15, 0.2) is 58.8 Å². The lowest BCUT2D eigenvalue weighted by molar-refractivity contribution is -0.118. The summed E-state index contributed by atoms with van der Waals surface area (Å²) in [7, 11) is -4.01. The van der Waals surface area contributed by atoms with E-state index in [4.69, 9.17) is 0 Å². The van der Waals surface area contributed by atoms with E-state index in [0.717, 1.165) is 5.69 Å². The summed E-state index contributed by atoms with van der Waals surface area (Å²) in [4.78, 5) is 16.4. The topological polar surface area (TPSA) is 76.1 Å². The molecule has 0 aliphatic heterocycles. The van der Waals surface area contributed by atoms with Gasteiger partial charge in [0.15, 0.2) is 0 Å². The van der Waals surface area contributed by atoms with Gasteiger partial charge in [-0.05, 0) is 36.8 Å². The van der Waals surface area contributed by atoms with Gasteiger partial charge in [0.1, 0.15) is 10.8 Å². The third-order valence-electron chi connectivity index (χ3n) is 3.54. The first-order valence-electron chi connectivity index (χ1n) is 7.66. The summed E-state index contributed by atoms with van der Waals surface area (Å²) in [5.41, 5.74) is 2.04. The van der Waals surface area contributed by atoms with Gasteiger partial charge in [-0.2, -0.15) is 0 Å². The van der Waals surface area contributed by atoms with Crippen molar-refractivity contribution in [3.8, 4) is 10.6 Å². The average Bonchev–Trinajstić information content (AvgIpc) is 3.03. The molecule has 0 aliphatic carbocycles. The summed E-state index contributed by atoms with van der Waals surface area (Å²) in [6, 6.07) is 11.6. The third kappa shape index (κ3) is 4.33. The van der Waals surface area contributed by atoms with E-state index >= 15 is 0 Å². The van der Waals surface area contributed by atoms with E-state index in [-0.39, 0.29) is 11.3 Å². The van der Waals surface area contributed by atoms with Crippen LogP contribution >= 0.6 is 11.3 Å². The number of benzene rings is 2. The molecule has 1 heterocycles. The Labute approximate surface area is 154 Å². The van der Waals surface area contributed by atoms with Crippen LogP contribution in [-0.4, -0.2) is 19.3 Å². The van der Waals surface area contributed by atoms with Crippen molar-refractivity contribution >= 4 is 27.3 Å². The second-order valence-corrected chi connectivity index (χ2v) is 8.19. The fourth-order valence-corrected chi connectivity index (χ4v) is 4.14. The molecular formula is C18H15FN2O3S2. The summed E-state index contributed by atoms with van der Waals surface area (Å²) >= 11 is 1.41. The molecule has 0 aliphatic rings. The van der Waals surface area contributed by atoms with Crippen LogP contribution in [0.1, 0.15) is 11.3 Å². The minimum atomic E-state index is -4.01. The van der Waals surface area contributed by atoms with Crippen molar-refractivity contribution < 1.29 is 17.6 Å². The number of aryl methyl sites for hydroxylation is 1. The second kappa shape index (κ2) is 7.35. The molecule has 1 aromatic heterocycles. The SMILES string of the molecule is Cc1csc(-c2cccc(S(=O)(=O)NC(=O)Cc3ccc(F)cc3)c2)n1. The molecule has 5 nitrogen and oxygen atoms in total. The minimum absolute atomic E-state index is 0.0182. The zero-order chi connectivity index (χ0) is 18.7. The first kappa shape index (κ1) is 18.2. The number of sulfonamides is 1. The molecule has 134 valence electrons. The Kier molecular flexibility index (Phi) is 5.15. The summed E-state index contributed by atoms with van der Waals surface area (Å²) in [5, 5.41) is 2.58. The summed E-state index contributed by atoms with van der Waals surface area (Å²) in [5.74, 6) is -1.11. The lowest BCUT2D eigenvalue weighted by Crippen LogP contribution is -2.31. The first-order valence-corrected chi connectivity index (χ1v) is 10.0. The first-order chi connectivity index (χ1) is 12.3. The number of aromatic nitrogens is 1. The largest absolute Gasteiger partial charge is 0.274 e. The molecule has 0 fully saturated rings. The van der Waals surface area contributed by atoms with Crippen molar-refractivity contribution in [1.29, 1.82) is 0 Å². The Morgan fingerprint density at radius 1 is 1.19 bits per heavy atom. The van der Waals surface area contributed by atoms with E-state index < -0.39 is 21.7 Å². The van der Waals surface area contributed by atoms with Gasteiger partial charge in [-0.3, -0.25) is 4.79 Å². The van der Waals surface area contributed by atoms with Gasteiger partial charge in [-0.1, -0.05) is 24.3 Å². The molecule has 8 heteroatoms. The normalized spacial score (nSPS) is 11.3. The zero-order valence-electron chi connectivity index (χ0n) is 13.8. The maximum Gasteiger partial charge on any atom is 0.264 e. The molecular weight excluding hydrogens is 375 g/mol. The third-order valence-corrected chi connectivity index (χ3v) is 5.92. The fourth-order valence-electron chi connectivity index (χ4n) is 2.32. The van der Waals surface area contributed by atoms with E-state index in [9.17, 15) is 17.6 Å². The number of nitrogens with zero attached hydrogens (tertiary/aromatic N) is 1. The smallest absolute Gasteiger partial charge is 0.264 e. The molecule has 1 amide bonds. The minimum Gasteiger partial charge on any atom is -0.274 e. The molecule has 0 saturated carbocycles. The maximum atomic E-state index is 12.9. The van der Waals surface area contributed by atoms with Gasteiger partial charge in [0, 0.05) is 16.6 Å². The average molecular weight is 390 g/mol. The molecule has 0 radical (unpaired) electrons. The molecule has 2 aromatic carbocycles. The number of amides is 1. The Morgan fingerprint density at radius 2 is 1.92 bits per heavy atom. The van der Waals surface area contributed by atoms with Crippen molar-refractivity contribution in [2.75, 3.05) is 0 Å². The Hall–Kier alpha value is -2.58. The number of carbonyl (C=O) groups excluding carboxylic acids is 1. The molecule has 0 spiro atoms. The highest BCUT2D eigenvalue weighted by Gasteiger charge is 2.19. The molecule has 0 saturated heterocycles. The number of thiazole rings is 1.